The minimum Gasteiger partial charge on any atom is -0.352 e. The van der Waals surface area contributed by atoms with Crippen LogP contribution in [0.4, 0.5) is 0 Å². The van der Waals surface area contributed by atoms with E-state index in [2.05, 4.69) is 24.9 Å². The molecule has 1 aliphatic rings. The molecule has 1 fully saturated rings. The van der Waals surface area contributed by atoms with Crippen molar-refractivity contribution >= 4 is 18.5 Å². The third kappa shape index (κ3) is 4.57. The van der Waals surface area contributed by atoms with Crippen molar-refractivity contribution in [3.8, 4) is 0 Å². The van der Waals surface area contributed by atoms with E-state index in [0.717, 1.165) is 24.3 Å². The van der Waals surface area contributed by atoms with Crippen molar-refractivity contribution in [1.29, 1.82) is 0 Å². The third-order valence-electron chi connectivity index (χ3n) is 3.94. The predicted molar refractivity (Wildman–Crippen MR) is 82.5 cm³/mol. The number of hydrogen-bond acceptors (Lipinski definition) is 2. The first-order valence-electron chi connectivity index (χ1n) is 7.17. The molecule has 0 bridgehead atoms. The summed E-state index contributed by atoms with van der Waals surface area (Å²) in [4.78, 5) is 12.1. The Kier molecular flexibility index (Phi) is 5.32. The van der Waals surface area contributed by atoms with Gasteiger partial charge in [0.1, 0.15) is 0 Å². The topological polar surface area (TPSA) is 29.1 Å². The summed E-state index contributed by atoms with van der Waals surface area (Å²) in [6, 6.07) is 10.4. The zero-order valence-electron chi connectivity index (χ0n) is 11.5. The first kappa shape index (κ1) is 14.4. The average molecular weight is 277 g/mol. The number of thiol groups is 1. The van der Waals surface area contributed by atoms with E-state index in [1.54, 1.807) is 0 Å². The second-order valence-electron chi connectivity index (χ2n) is 5.67. The Labute approximate surface area is 121 Å². The zero-order valence-corrected chi connectivity index (χ0v) is 12.4. The summed E-state index contributed by atoms with van der Waals surface area (Å²) in [5, 5.41) is 2.90. The van der Waals surface area contributed by atoms with Gasteiger partial charge in [-0.1, -0.05) is 37.3 Å². The molecule has 1 aromatic rings. The summed E-state index contributed by atoms with van der Waals surface area (Å²) in [7, 11) is 0. The standard InChI is InChI=1S/C16H23NOS/c1-12-7-9-14(10-8-12)17-16(18)15(19)11-13-5-3-2-4-6-13/h2-6,12,14-15,19H,7-11H2,1H3,(H,17,18). The smallest absolute Gasteiger partial charge is 0.233 e. The Morgan fingerprint density at radius 1 is 1.26 bits per heavy atom. The maximum Gasteiger partial charge on any atom is 0.233 e. The molecule has 0 saturated heterocycles. The summed E-state index contributed by atoms with van der Waals surface area (Å²) < 4.78 is 0. The van der Waals surface area contributed by atoms with Crippen molar-refractivity contribution in [2.45, 2.75) is 50.3 Å². The highest BCUT2D eigenvalue weighted by atomic mass is 32.1. The molecule has 1 aliphatic carbocycles. The average Bonchev–Trinajstić information content (AvgIpc) is 2.42. The highest BCUT2D eigenvalue weighted by Crippen LogP contribution is 2.23. The van der Waals surface area contributed by atoms with E-state index in [-0.39, 0.29) is 11.2 Å². The van der Waals surface area contributed by atoms with Crippen molar-refractivity contribution in [1.82, 2.24) is 5.32 Å². The van der Waals surface area contributed by atoms with E-state index in [1.807, 2.05) is 30.3 Å². The van der Waals surface area contributed by atoms with Crippen molar-refractivity contribution in [2.24, 2.45) is 5.92 Å². The van der Waals surface area contributed by atoms with Crippen LogP contribution in [0.15, 0.2) is 30.3 Å². The maximum atomic E-state index is 12.1. The molecule has 3 heteroatoms. The lowest BCUT2D eigenvalue weighted by Gasteiger charge is -2.27. The number of benzene rings is 1. The van der Waals surface area contributed by atoms with Gasteiger partial charge in [-0.25, -0.2) is 0 Å². The molecule has 1 amide bonds. The number of nitrogens with one attached hydrogen (secondary N) is 1. The molecule has 1 N–H and O–H groups in total. The second-order valence-corrected chi connectivity index (χ2v) is 6.29. The number of hydrogen-bond donors (Lipinski definition) is 2. The first-order valence-corrected chi connectivity index (χ1v) is 7.69. The first-order chi connectivity index (χ1) is 9.15. The van der Waals surface area contributed by atoms with Gasteiger partial charge in [-0.2, -0.15) is 12.6 Å². The molecule has 0 heterocycles. The minimum absolute atomic E-state index is 0.0757. The van der Waals surface area contributed by atoms with Gasteiger partial charge < -0.3 is 5.32 Å². The van der Waals surface area contributed by atoms with Crippen LogP contribution in [0.1, 0.15) is 38.2 Å². The summed E-state index contributed by atoms with van der Waals surface area (Å²) >= 11 is 4.44. The number of carbonyl (C=O) groups is 1. The monoisotopic (exact) mass is 277 g/mol. The minimum atomic E-state index is -0.248. The van der Waals surface area contributed by atoms with Crippen LogP contribution >= 0.6 is 12.6 Å². The quantitative estimate of drug-likeness (QED) is 0.813. The van der Waals surface area contributed by atoms with Crippen LogP contribution in [0.3, 0.4) is 0 Å². The SMILES string of the molecule is CC1CCC(NC(=O)C(S)Cc2ccccc2)CC1. The van der Waals surface area contributed by atoms with Crippen molar-refractivity contribution in [2.75, 3.05) is 0 Å². The van der Waals surface area contributed by atoms with Crippen LogP contribution in [0, 0.1) is 5.92 Å². The predicted octanol–water partition coefficient (Wildman–Crippen LogP) is 3.22. The molecule has 0 aliphatic heterocycles. The normalized spacial score (nSPS) is 24.7. The molecule has 0 spiro atoms. The van der Waals surface area contributed by atoms with E-state index in [0.29, 0.717) is 12.5 Å². The molecular weight excluding hydrogens is 254 g/mol. The fraction of sp³-hybridized carbons (Fsp3) is 0.562. The van der Waals surface area contributed by atoms with Crippen molar-refractivity contribution in [3.05, 3.63) is 35.9 Å². The fourth-order valence-corrected chi connectivity index (χ4v) is 2.92. The van der Waals surface area contributed by atoms with Gasteiger partial charge in [-0.3, -0.25) is 4.79 Å². The lowest BCUT2D eigenvalue weighted by atomic mass is 9.87. The Bertz CT molecular complexity index is 398. The number of rotatable bonds is 4. The summed E-state index contributed by atoms with van der Waals surface area (Å²) in [5.41, 5.74) is 1.16. The molecule has 1 aromatic carbocycles. The van der Waals surface area contributed by atoms with E-state index in [9.17, 15) is 4.79 Å². The van der Waals surface area contributed by atoms with Gasteiger partial charge in [0, 0.05) is 6.04 Å². The molecule has 0 radical (unpaired) electrons. The van der Waals surface area contributed by atoms with Crippen LogP contribution in [0.2, 0.25) is 0 Å². The van der Waals surface area contributed by atoms with Crippen molar-refractivity contribution < 1.29 is 4.79 Å². The lowest BCUT2D eigenvalue weighted by Crippen LogP contribution is -2.41. The highest BCUT2D eigenvalue weighted by Gasteiger charge is 2.22. The lowest BCUT2D eigenvalue weighted by molar-refractivity contribution is -0.121. The van der Waals surface area contributed by atoms with E-state index >= 15 is 0 Å². The van der Waals surface area contributed by atoms with Crippen molar-refractivity contribution in [3.63, 3.8) is 0 Å². The molecule has 1 saturated carbocycles. The fourth-order valence-electron chi connectivity index (χ4n) is 2.63. The summed E-state index contributed by atoms with van der Waals surface area (Å²) in [6.07, 6.45) is 5.36. The maximum absolute atomic E-state index is 12.1. The van der Waals surface area contributed by atoms with Gasteiger partial charge in [0.2, 0.25) is 5.91 Å². The van der Waals surface area contributed by atoms with E-state index in [4.69, 9.17) is 0 Å². The summed E-state index contributed by atoms with van der Waals surface area (Å²) in [6.45, 7) is 2.29. The molecule has 2 nitrogen and oxygen atoms in total. The molecule has 1 atom stereocenters. The van der Waals surface area contributed by atoms with Gasteiger partial charge in [-0.05, 0) is 43.6 Å². The molecule has 0 aromatic heterocycles. The Morgan fingerprint density at radius 3 is 2.53 bits per heavy atom. The van der Waals surface area contributed by atoms with Crippen LogP contribution in [-0.2, 0) is 11.2 Å². The van der Waals surface area contributed by atoms with Gasteiger partial charge in [0.15, 0.2) is 0 Å². The summed E-state index contributed by atoms with van der Waals surface area (Å²) in [5.74, 6) is 0.885. The Morgan fingerprint density at radius 2 is 1.89 bits per heavy atom. The number of amides is 1. The molecule has 19 heavy (non-hydrogen) atoms. The highest BCUT2D eigenvalue weighted by molar-refractivity contribution is 7.81. The largest absolute Gasteiger partial charge is 0.352 e. The van der Waals surface area contributed by atoms with Crippen LogP contribution in [0.25, 0.3) is 0 Å². The van der Waals surface area contributed by atoms with E-state index < -0.39 is 0 Å². The second kappa shape index (κ2) is 6.99. The number of carbonyl (C=O) groups excluding carboxylic acids is 1. The molecular formula is C16H23NOS. The molecule has 1 unspecified atom stereocenters. The van der Waals surface area contributed by atoms with Gasteiger partial charge in [0.05, 0.1) is 5.25 Å². The van der Waals surface area contributed by atoms with Gasteiger partial charge in [-0.15, -0.1) is 0 Å². The third-order valence-corrected chi connectivity index (χ3v) is 4.35. The van der Waals surface area contributed by atoms with Gasteiger partial charge >= 0.3 is 0 Å². The van der Waals surface area contributed by atoms with E-state index in [1.165, 1.54) is 12.8 Å². The molecule has 2 rings (SSSR count). The van der Waals surface area contributed by atoms with Gasteiger partial charge in [0.25, 0.3) is 0 Å². The molecule has 104 valence electrons. The van der Waals surface area contributed by atoms with Crippen LogP contribution in [0.5, 0.6) is 0 Å². The Balaban J connectivity index is 1.79. The van der Waals surface area contributed by atoms with Crippen LogP contribution < -0.4 is 5.32 Å². The zero-order chi connectivity index (χ0) is 13.7. The Hall–Kier alpha value is -0.960. The van der Waals surface area contributed by atoms with Crippen LogP contribution in [-0.4, -0.2) is 17.2 Å².